The zero-order valence-corrected chi connectivity index (χ0v) is 16.2. The van der Waals surface area contributed by atoms with Crippen molar-refractivity contribution in [2.75, 3.05) is 16.8 Å². The molecule has 0 fully saturated rings. The molecule has 0 radical (unpaired) electrons. The monoisotopic (exact) mass is 545 g/mol. The van der Waals surface area contributed by atoms with E-state index in [1.165, 1.54) is 18.2 Å². The van der Waals surface area contributed by atoms with Gasteiger partial charge in [-0.2, -0.15) is 0 Å². The van der Waals surface area contributed by atoms with Gasteiger partial charge >= 0.3 is 0 Å². The number of thiocarbonyl (C=S) groups is 1. The van der Waals surface area contributed by atoms with Crippen LogP contribution in [0.25, 0.3) is 0 Å². The standard InChI is InChI=1S/C8H5FINS.C6H6FIN2/c9-5-3-7-4(1-6(5)10)2-8(12)11-7;7-3-1-5(9)6(10)2-4(3)8/h1,3H,2H2,(H,11,12);1-2H,9-10H2. The number of benzene rings is 2. The number of nitrogen functional groups attached to an aromatic ring is 2. The summed E-state index contributed by atoms with van der Waals surface area (Å²) in [7, 11) is 0. The summed E-state index contributed by atoms with van der Waals surface area (Å²) in [6.45, 7) is 0. The average molecular weight is 545 g/mol. The second kappa shape index (κ2) is 7.21. The van der Waals surface area contributed by atoms with Gasteiger partial charge in [0.1, 0.15) is 11.6 Å². The lowest BCUT2D eigenvalue weighted by Crippen LogP contribution is -2.00. The van der Waals surface area contributed by atoms with Gasteiger partial charge in [0.2, 0.25) is 0 Å². The highest BCUT2D eigenvalue weighted by Crippen LogP contribution is 2.27. The van der Waals surface area contributed by atoms with Gasteiger partial charge < -0.3 is 16.8 Å². The summed E-state index contributed by atoms with van der Waals surface area (Å²) in [6.07, 6.45) is 0.737. The predicted molar refractivity (Wildman–Crippen MR) is 107 cm³/mol. The van der Waals surface area contributed by atoms with Crippen LogP contribution >= 0.6 is 57.4 Å². The smallest absolute Gasteiger partial charge is 0.138 e. The minimum absolute atomic E-state index is 0.188. The predicted octanol–water partition coefficient (Wildman–Crippen LogP) is 4.32. The van der Waals surface area contributed by atoms with E-state index in [4.69, 9.17) is 23.7 Å². The number of nitrogens with one attached hydrogen (secondary N) is 1. The molecule has 2 aromatic carbocycles. The molecular weight excluding hydrogens is 534 g/mol. The van der Waals surface area contributed by atoms with E-state index in [-0.39, 0.29) is 17.3 Å². The van der Waals surface area contributed by atoms with Crippen LogP contribution in [-0.4, -0.2) is 4.99 Å². The van der Waals surface area contributed by atoms with E-state index in [1.807, 2.05) is 51.2 Å². The van der Waals surface area contributed by atoms with Crippen molar-refractivity contribution >= 4 is 79.5 Å². The fraction of sp³-hybridized carbons (Fsp3) is 0.0714. The maximum absolute atomic E-state index is 13.0. The molecule has 0 unspecified atom stereocenters. The topological polar surface area (TPSA) is 64.1 Å². The number of anilines is 3. The van der Waals surface area contributed by atoms with Gasteiger partial charge in [-0.1, -0.05) is 12.2 Å². The minimum Gasteiger partial charge on any atom is -0.397 e. The number of nitrogens with two attached hydrogens (primary N) is 2. The average Bonchev–Trinajstić information content (AvgIpc) is 2.77. The molecule has 0 atom stereocenters. The Morgan fingerprint density at radius 3 is 2.14 bits per heavy atom. The van der Waals surface area contributed by atoms with Crippen LogP contribution in [0.3, 0.4) is 0 Å². The lowest BCUT2D eigenvalue weighted by atomic mass is 10.2. The van der Waals surface area contributed by atoms with Crippen LogP contribution in [0, 0.1) is 18.8 Å². The molecule has 0 aromatic heterocycles. The third kappa shape index (κ3) is 4.16. The lowest BCUT2D eigenvalue weighted by Gasteiger charge is -2.00. The number of hydrogen-bond acceptors (Lipinski definition) is 3. The van der Waals surface area contributed by atoms with Crippen LogP contribution in [0.4, 0.5) is 25.8 Å². The maximum Gasteiger partial charge on any atom is 0.138 e. The van der Waals surface area contributed by atoms with Crippen LogP contribution in [0.1, 0.15) is 5.56 Å². The van der Waals surface area contributed by atoms with Crippen molar-refractivity contribution in [3.63, 3.8) is 0 Å². The van der Waals surface area contributed by atoms with E-state index in [0.29, 0.717) is 12.8 Å². The highest BCUT2D eigenvalue weighted by Gasteiger charge is 2.16. The van der Waals surface area contributed by atoms with Gasteiger partial charge in [-0.15, -0.1) is 0 Å². The van der Waals surface area contributed by atoms with E-state index in [0.717, 1.165) is 22.7 Å². The first-order valence-corrected chi connectivity index (χ1v) is 8.62. The molecule has 5 N–H and O–H groups in total. The van der Waals surface area contributed by atoms with E-state index < -0.39 is 0 Å². The third-order valence-corrected chi connectivity index (χ3v) is 4.80. The van der Waals surface area contributed by atoms with E-state index in [1.54, 1.807) is 0 Å². The van der Waals surface area contributed by atoms with Crippen molar-refractivity contribution in [1.82, 2.24) is 0 Å². The highest BCUT2D eigenvalue weighted by atomic mass is 127. The van der Waals surface area contributed by atoms with Gasteiger partial charge in [-0.05, 0) is 75.0 Å². The fourth-order valence-electron chi connectivity index (χ4n) is 1.80. The van der Waals surface area contributed by atoms with Crippen molar-refractivity contribution < 1.29 is 8.78 Å². The molecule has 0 saturated carbocycles. The third-order valence-electron chi connectivity index (χ3n) is 2.90. The normalized spacial score (nSPS) is 12.3. The number of halogens is 4. The number of hydrogen-bond donors (Lipinski definition) is 3. The zero-order chi connectivity index (χ0) is 16.4. The Balaban J connectivity index is 0.000000164. The zero-order valence-electron chi connectivity index (χ0n) is 11.1. The molecule has 3 rings (SSSR count). The van der Waals surface area contributed by atoms with E-state index in [9.17, 15) is 8.78 Å². The Morgan fingerprint density at radius 2 is 1.50 bits per heavy atom. The molecule has 1 aliphatic rings. The molecule has 116 valence electrons. The maximum atomic E-state index is 13.0. The van der Waals surface area contributed by atoms with Crippen molar-refractivity contribution in [2.24, 2.45) is 0 Å². The summed E-state index contributed by atoms with van der Waals surface area (Å²) in [4.78, 5) is 0.770. The largest absolute Gasteiger partial charge is 0.397 e. The second-order valence-electron chi connectivity index (χ2n) is 4.54. The molecule has 2 aromatic rings. The Hall–Kier alpha value is -0.750. The first-order chi connectivity index (χ1) is 10.3. The Kier molecular flexibility index (Phi) is 5.77. The summed E-state index contributed by atoms with van der Waals surface area (Å²) < 4.78 is 26.8. The van der Waals surface area contributed by atoms with Crippen LogP contribution in [0.2, 0.25) is 0 Å². The quantitative estimate of drug-likeness (QED) is 0.263. The second-order valence-corrected chi connectivity index (χ2v) is 7.36. The van der Waals surface area contributed by atoms with Gasteiger partial charge in [0.25, 0.3) is 0 Å². The van der Waals surface area contributed by atoms with Gasteiger partial charge in [-0.3, -0.25) is 0 Å². The first kappa shape index (κ1) is 17.6. The SMILES string of the molecule is Fc1cc2c(cc1I)CC(=S)N2.Nc1cc(F)c(I)cc1N. The molecule has 3 nitrogen and oxygen atoms in total. The van der Waals surface area contributed by atoms with Gasteiger partial charge in [0, 0.05) is 15.7 Å². The molecule has 8 heteroatoms. The van der Waals surface area contributed by atoms with Gasteiger partial charge in [0.15, 0.2) is 0 Å². The highest BCUT2D eigenvalue weighted by molar-refractivity contribution is 14.1. The summed E-state index contributed by atoms with van der Waals surface area (Å²) in [5, 5.41) is 2.95. The summed E-state index contributed by atoms with van der Waals surface area (Å²) in [5.41, 5.74) is 13.3. The molecule has 0 saturated heterocycles. The lowest BCUT2D eigenvalue weighted by molar-refractivity contribution is 0.620. The minimum atomic E-state index is -0.327. The number of rotatable bonds is 0. The molecule has 0 bridgehead atoms. The van der Waals surface area contributed by atoms with Crippen molar-refractivity contribution in [1.29, 1.82) is 0 Å². The van der Waals surface area contributed by atoms with Gasteiger partial charge in [-0.25, -0.2) is 8.78 Å². The number of fused-ring (bicyclic) bond motifs is 1. The molecule has 0 aliphatic carbocycles. The van der Waals surface area contributed by atoms with Crippen LogP contribution in [-0.2, 0) is 6.42 Å². The Morgan fingerprint density at radius 1 is 0.955 bits per heavy atom. The molecule has 1 aliphatic heterocycles. The summed E-state index contributed by atoms with van der Waals surface area (Å²) >= 11 is 8.81. The molecule has 1 heterocycles. The first-order valence-electron chi connectivity index (χ1n) is 6.05. The molecule has 0 spiro atoms. The van der Waals surface area contributed by atoms with Crippen molar-refractivity contribution in [3.8, 4) is 0 Å². The Bertz CT molecular complexity index is 670. The molecular formula is C14H11F2I2N3S. The molecule has 22 heavy (non-hydrogen) atoms. The van der Waals surface area contributed by atoms with E-state index in [2.05, 4.69) is 5.32 Å². The van der Waals surface area contributed by atoms with Crippen molar-refractivity contribution in [2.45, 2.75) is 6.42 Å². The molecule has 0 amide bonds. The summed E-state index contributed by atoms with van der Waals surface area (Å²) in [5.74, 6) is -0.515. The van der Waals surface area contributed by atoms with E-state index >= 15 is 0 Å². The Labute approximate surface area is 159 Å². The summed E-state index contributed by atoms with van der Waals surface area (Å²) in [6, 6.07) is 6.05. The van der Waals surface area contributed by atoms with Gasteiger partial charge in [0.05, 0.1) is 19.9 Å². The van der Waals surface area contributed by atoms with Crippen LogP contribution in [0.15, 0.2) is 24.3 Å². The van der Waals surface area contributed by atoms with Crippen LogP contribution < -0.4 is 16.8 Å². The van der Waals surface area contributed by atoms with Crippen molar-refractivity contribution in [3.05, 3.63) is 48.6 Å². The fourth-order valence-corrected chi connectivity index (χ4v) is 3.08. The van der Waals surface area contributed by atoms with Crippen LogP contribution in [0.5, 0.6) is 0 Å².